The number of carbonyl (C=O) groups is 3. The fourth-order valence-electron chi connectivity index (χ4n) is 6.22. The molecule has 0 fully saturated rings. The van der Waals surface area contributed by atoms with Gasteiger partial charge in [-0.3, -0.25) is 0 Å². The zero-order chi connectivity index (χ0) is 30.2. The summed E-state index contributed by atoms with van der Waals surface area (Å²) < 4.78 is 5.81. The lowest BCUT2D eigenvalue weighted by Crippen LogP contribution is -2.56. The van der Waals surface area contributed by atoms with Gasteiger partial charge in [-0.1, -0.05) is 140 Å². The van der Waals surface area contributed by atoms with Crippen molar-refractivity contribution >= 4 is 18.9 Å². The Bertz CT molecular complexity index is 1550. The Balaban J connectivity index is 0.00000180. The second-order valence-corrected chi connectivity index (χ2v) is 10.1. The highest BCUT2D eigenvalue weighted by molar-refractivity contribution is 5.85. The number of rotatable bonds is 8. The number of fused-ring (bicyclic) bond motifs is 3. The predicted molar refractivity (Wildman–Crippen MR) is 166 cm³/mol. The normalized spacial score (nSPS) is 12.6. The van der Waals surface area contributed by atoms with Gasteiger partial charge in [-0.2, -0.15) is 0 Å². The number of aliphatic carboxylic acids is 1. The van der Waals surface area contributed by atoms with Crippen molar-refractivity contribution in [1.29, 1.82) is 0 Å². The van der Waals surface area contributed by atoms with Gasteiger partial charge >= 0.3 is 12.1 Å². The zero-order valence-electron chi connectivity index (χ0n) is 23.4. The number of nitrogens with one attached hydrogen (secondary N) is 1. The van der Waals surface area contributed by atoms with Crippen molar-refractivity contribution in [3.8, 4) is 11.1 Å². The number of carboxylic acid groups (broad SMARTS) is 1. The number of hydrogen-bond donors (Lipinski definition) is 2. The van der Waals surface area contributed by atoms with Crippen LogP contribution in [-0.4, -0.2) is 36.6 Å². The van der Waals surface area contributed by atoms with E-state index in [0.29, 0.717) is 0 Å². The van der Waals surface area contributed by atoms with E-state index in [9.17, 15) is 14.7 Å². The molecule has 0 saturated carbocycles. The molecule has 6 nitrogen and oxygen atoms in total. The summed E-state index contributed by atoms with van der Waals surface area (Å²) in [5.74, 6) is -1.31. The van der Waals surface area contributed by atoms with Crippen molar-refractivity contribution in [2.45, 2.75) is 17.4 Å². The third kappa shape index (κ3) is 5.43. The van der Waals surface area contributed by atoms with E-state index in [1.165, 1.54) is 0 Å². The van der Waals surface area contributed by atoms with Gasteiger partial charge in [0, 0.05) is 5.92 Å². The lowest BCUT2D eigenvalue weighted by atomic mass is 9.64. The first kappa shape index (κ1) is 29.0. The van der Waals surface area contributed by atoms with Crippen LogP contribution in [0.5, 0.6) is 0 Å². The number of benzene rings is 5. The standard InChI is InChI=1S/C36H29NO4.CH2O/c38-34(39)33(37-35(40)41-24-32-30-22-12-10-20-28(30)29-21-11-13-23-31(29)32)36(25-14-4-1-5-15-25,26-16-6-2-7-17-26)27-18-8-3-9-19-27;1-2/h1-23,32-33H,24H2,(H,37,40)(H,38,39);1H2. The van der Waals surface area contributed by atoms with Crippen LogP contribution in [0.3, 0.4) is 0 Å². The molecule has 43 heavy (non-hydrogen) atoms. The Hall–Kier alpha value is -5.49. The highest BCUT2D eigenvalue weighted by Gasteiger charge is 2.49. The molecule has 5 aromatic rings. The molecule has 0 saturated heterocycles. The minimum Gasteiger partial charge on any atom is -0.480 e. The van der Waals surface area contributed by atoms with Crippen molar-refractivity contribution in [3.05, 3.63) is 167 Å². The van der Waals surface area contributed by atoms with Crippen molar-refractivity contribution in [3.63, 3.8) is 0 Å². The van der Waals surface area contributed by atoms with Crippen LogP contribution in [0.15, 0.2) is 140 Å². The Morgan fingerprint density at radius 2 is 1.02 bits per heavy atom. The molecule has 0 spiro atoms. The summed E-state index contributed by atoms with van der Waals surface area (Å²) in [5.41, 5.74) is 5.40. The minimum atomic E-state index is -1.37. The molecule has 1 aliphatic rings. The number of alkyl carbamates (subject to hydrolysis) is 1. The van der Waals surface area contributed by atoms with Crippen LogP contribution in [0, 0.1) is 0 Å². The first-order chi connectivity index (χ1) is 21.1. The molecule has 1 unspecified atom stereocenters. The number of carbonyl (C=O) groups excluding carboxylic acids is 2. The fourth-order valence-corrected chi connectivity index (χ4v) is 6.22. The van der Waals surface area contributed by atoms with Gasteiger partial charge in [0.05, 0.1) is 5.41 Å². The molecule has 1 aliphatic carbocycles. The number of hydrogen-bond acceptors (Lipinski definition) is 4. The summed E-state index contributed by atoms with van der Waals surface area (Å²) in [5, 5.41) is 13.5. The van der Waals surface area contributed by atoms with Gasteiger partial charge in [-0.05, 0) is 38.9 Å². The van der Waals surface area contributed by atoms with Crippen molar-refractivity contribution in [2.24, 2.45) is 0 Å². The molecule has 0 radical (unpaired) electrons. The van der Waals surface area contributed by atoms with Gasteiger partial charge in [0.25, 0.3) is 0 Å². The van der Waals surface area contributed by atoms with Gasteiger partial charge < -0.3 is 20.0 Å². The number of amides is 1. The summed E-state index contributed by atoms with van der Waals surface area (Å²) in [7, 11) is 0. The van der Waals surface area contributed by atoms with Crippen molar-refractivity contribution in [2.75, 3.05) is 6.61 Å². The Morgan fingerprint density at radius 1 is 0.651 bits per heavy atom. The molecule has 1 atom stereocenters. The Morgan fingerprint density at radius 3 is 1.42 bits per heavy atom. The summed E-state index contributed by atoms with van der Waals surface area (Å²) in [6.45, 7) is 2.08. The Labute approximate surface area is 250 Å². The van der Waals surface area contributed by atoms with Gasteiger partial charge in [-0.15, -0.1) is 0 Å². The van der Waals surface area contributed by atoms with Crippen LogP contribution in [-0.2, 0) is 19.7 Å². The maximum Gasteiger partial charge on any atom is 0.407 e. The molecular formula is C37H31NO5. The van der Waals surface area contributed by atoms with Crippen LogP contribution in [0.1, 0.15) is 33.7 Å². The van der Waals surface area contributed by atoms with Crippen LogP contribution < -0.4 is 5.32 Å². The van der Waals surface area contributed by atoms with E-state index in [-0.39, 0.29) is 12.5 Å². The predicted octanol–water partition coefficient (Wildman–Crippen LogP) is 6.83. The topological polar surface area (TPSA) is 92.7 Å². The molecule has 0 bridgehead atoms. The van der Waals surface area contributed by atoms with Gasteiger partial charge in [-0.25, -0.2) is 9.59 Å². The van der Waals surface area contributed by atoms with E-state index in [1.807, 2.05) is 134 Å². The van der Waals surface area contributed by atoms with E-state index >= 15 is 0 Å². The minimum absolute atomic E-state index is 0.0845. The monoisotopic (exact) mass is 569 g/mol. The molecule has 214 valence electrons. The first-order valence-electron chi connectivity index (χ1n) is 13.9. The molecule has 0 aromatic heterocycles. The summed E-state index contributed by atoms with van der Waals surface area (Å²) in [4.78, 5) is 34.6. The van der Waals surface area contributed by atoms with E-state index in [0.717, 1.165) is 38.9 Å². The molecule has 0 aliphatic heterocycles. The highest BCUT2D eigenvalue weighted by atomic mass is 16.5. The van der Waals surface area contributed by atoms with E-state index in [1.54, 1.807) is 0 Å². The van der Waals surface area contributed by atoms with Gasteiger partial charge in [0.15, 0.2) is 0 Å². The average Bonchev–Trinajstić information content (AvgIpc) is 3.39. The van der Waals surface area contributed by atoms with Gasteiger partial charge in [0.1, 0.15) is 19.4 Å². The van der Waals surface area contributed by atoms with Crippen LogP contribution in [0.2, 0.25) is 0 Å². The van der Waals surface area contributed by atoms with E-state index in [4.69, 9.17) is 9.53 Å². The first-order valence-corrected chi connectivity index (χ1v) is 13.9. The van der Waals surface area contributed by atoms with E-state index in [2.05, 4.69) is 17.4 Å². The molecule has 0 heterocycles. The smallest absolute Gasteiger partial charge is 0.407 e. The summed E-state index contributed by atoms with van der Waals surface area (Å²) in [6, 6.07) is 43.1. The second-order valence-electron chi connectivity index (χ2n) is 10.1. The molecule has 5 aromatic carbocycles. The molecular weight excluding hydrogens is 538 g/mol. The molecule has 6 heteroatoms. The molecule has 2 N–H and O–H groups in total. The highest BCUT2D eigenvalue weighted by Crippen LogP contribution is 2.45. The van der Waals surface area contributed by atoms with Crippen LogP contribution in [0.25, 0.3) is 11.1 Å². The summed E-state index contributed by atoms with van der Waals surface area (Å²) >= 11 is 0. The molecule has 1 amide bonds. The second kappa shape index (κ2) is 13.0. The quantitative estimate of drug-likeness (QED) is 0.200. The van der Waals surface area contributed by atoms with Gasteiger partial charge in [0.2, 0.25) is 0 Å². The lowest BCUT2D eigenvalue weighted by molar-refractivity contribution is -0.140. The third-order valence-electron chi connectivity index (χ3n) is 7.97. The van der Waals surface area contributed by atoms with Crippen LogP contribution >= 0.6 is 0 Å². The van der Waals surface area contributed by atoms with Crippen molar-refractivity contribution < 1.29 is 24.2 Å². The SMILES string of the molecule is C=O.O=C(NC(C(=O)O)C(c1ccccc1)(c1ccccc1)c1ccccc1)OCC1c2ccccc2-c2ccccc21. The maximum absolute atomic E-state index is 13.5. The van der Waals surface area contributed by atoms with E-state index < -0.39 is 23.5 Å². The van der Waals surface area contributed by atoms with Crippen LogP contribution in [0.4, 0.5) is 4.79 Å². The zero-order valence-corrected chi connectivity index (χ0v) is 23.4. The lowest BCUT2D eigenvalue weighted by Gasteiger charge is -2.40. The number of carboxylic acids is 1. The largest absolute Gasteiger partial charge is 0.480 e. The maximum atomic E-state index is 13.5. The third-order valence-corrected chi connectivity index (χ3v) is 7.97. The molecule has 6 rings (SSSR count). The Kier molecular flexibility index (Phi) is 8.77. The van der Waals surface area contributed by atoms with Crippen molar-refractivity contribution in [1.82, 2.24) is 5.32 Å². The average molecular weight is 570 g/mol. The number of ether oxygens (including phenoxy) is 1. The fraction of sp³-hybridized carbons (Fsp3) is 0.108. The summed E-state index contributed by atoms with van der Waals surface area (Å²) in [6.07, 6.45) is -0.786.